The van der Waals surface area contributed by atoms with Gasteiger partial charge in [0.05, 0.1) is 0 Å². The van der Waals surface area contributed by atoms with Crippen molar-refractivity contribution in [1.29, 1.82) is 0 Å². The molecule has 1 rings (SSSR count). The van der Waals surface area contributed by atoms with Crippen molar-refractivity contribution in [3.8, 4) is 0 Å². The second-order valence-corrected chi connectivity index (χ2v) is 10.0. The standard InChI is InChI=1S/C23H40O4/c1-8-13-27-14-9-11-23(12-10-19(24)25)15-17(21(2,3)4)20(26)18(16-23)22(5,6)7/h15,26H,8-14,16H2,1-7H3,(H,24,25). The van der Waals surface area contributed by atoms with E-state index in [1.165, 1.54) is 0 Å². The molecule has 27 heavy (non-hydrogen) atoms. The van der Waals surface area contributed by atoms with Gasteiger partial charge in [0.25, 0.3) is 0 Å². The Morgan fingerprint density at radius 2 is 1.74 bits per heavy atom. The number of aliphatic carboxylic acids is 1. The summed E-state index contributed by atoms with van der Waals surface area (Å²) in [4.78, 5) is 11.3. The second kappa shape index (κ2) is 9.27. The van der Waals surface area contributed by atoms with E-state index in [0.717, 1.165) is 37.0 Å². The summed E-state index contributed by atoms with van der Waals surface area (Å²) in [6.45, 7) is 16.2. The summed E-state index contributed by atoms with van der Waals surface area (Å²) in [7, 11) is 0. The van der Waals surface area contributed by atoms with Gasteiger partial charge < -0.3 is 14.9 Å². The summed E-state index contributed by atoms with van der Waals surface area (Å²) in [5.74, 6) is -0.360. The third kappa shape index (κ3) is 6.99. The van der Waals surface area contributed by atoms with Crippen molar-refractivity contribution in [2.24, 2.45) is 16.2 Å². The molecule has 0 spiro atoms. The molecular formula is C23H40O4. The minimum atomic E-state index is -0.765. The fraction of sp³-hybridized carbons (Fsp3) is 0.783. The van der Waals surface area contributed by atoms with Crippen LogP contribution in [0.25, 0.3) is 0 Å². The SMILES string of the molecule is CCCOCCCC1(CCC(=O)O)C=C(C(C)(C)C)C(O)=C(C(C)(C)C)C1. The molecule has 0 amide bonds. The normalized spacial score (nSPS) is 21.4. The van der Waals surface area contributed by atoms with Gasteiger partial charge in [0.1, 0.15) is 5.76 Å². The van der Waals surface area contributed by atoms with Gasteiger partial charge >= 0.3 is 5.97 Å². The van der Waals surface area contributed by atoms with Crippen LogP contribution in [0, 0.1) is 16.2 Å². The summed E-state index contributed by atoms with van der Waals surface area (Å²) >= 11 is 0. The minimum Gasteiger partial charge on any atom is -0.508 e. The summed E-state index contributed by atoms with van der Waals surface area (Å²) in [6, 6.07) is 0. The molecule has 0 aromatic rings. The van der Waals surface area contributed by atoms with Crippen LogP contribution in [-0.2, 0) is 9.53 Å². The highest BCUT2D eigenvalue weighted by molar-refractivity contribution is 5.66. The minimum absolute atomic E-state index is 0.141. The maximum atomic E-state index is 11.3. The van der Waals surface area contributed by atoms with Crippen LogP contribution in [0.4, 0.5) is 0 Å². The quantitative estimate of drug-likeness (QED) is 0.462. The fourth-order valence-corrected chi connectivity index (χ4v) is 3.79. The number of carboxylic acids is 1. The summed E-state index contributed by atoms with van der Waals surface area (Å²) in [5.41, 5.74) is 1.37. The number of ether oxygens (including phenoxy) is 1. The Hall–Kier alpha value is -1.29. The maximum Gasteiger partial charge on any atom is 0.303 e. The molecular weight excluding hydrogens is 340 g/mol. The number of aliphatic hydroxyl groups excluding tert-OH is 1. The number of carbonyl (C=O) groups is 1. The first-order valence-electron chi connectivity index (χ1n) is 10.3. The van der Waals surface area contributed by atoms with Crippen LogP contribution in [0.2, 0.25) is 0 Å². The average Bonchev–Trinajstić information content (AvgIpc) is 2.52. The Morgan fingerprint density at radius 3 is 2.22 bits per heavy atom. The van der Waals surface area contributed by atoms with Crippen LogP contribution in [-0.4, -0.2) is 29.4 Å². The van der Waals surface area contributed by atoms with Gasteiger partial charge in [-0.05, 0) is 59.5 Å². The average molecular weight is 381 g/mol. The van der Waals surface area contributed by atoms with E-state index in [2.05, 4.69) is 54.5 Å². The molecule has 0 saturated carbocycles. The Labute approximate surface area is 165 Å². The zero-order chi connectivity index (χ0) is 20.9. The zero-order valence-electron chi connectivity index (χ0n) is 18.4. The van der Waals surface area contributed by atoms with Gasteiger partial charge in [0, 0.05) is 19.6 Å². The number of hydrogen-bond acceptors (Lipinski definition) is 3. The third-order valence-electron chi connectivity index (χ3n) is 5.38. The first kappa shape index (κ1) is 23.7. The Kier molecular flexibility index (Phi) is 8.15. The molecule has 1 aliphatic rings. The van der Waals surface area contributed by atoms with Gasteiger partial charge in [-0.2, -0.15) is 0 Å². The van der Waals surface area contributed by atoms with Crippen LogP contribution < -0.4 is 0 Å². The van der Waals surface area contributed by atoms with Crippen molar-refractivity contribution in [1.82, 2.24) is 0 Å². The Balaban J connectivity index is 3.26. The Bertz CT molecular complexity index is 572. The molecule has 0 aromatic heterocycles. The van der Waals surface area contributed by atoms with Crippen molar-refractivity contribution in [3.63, 3.8) is 0 Å². The molecule has 1 aliphatic carbocycles. The topological polar surface area (TPSA) is 66.8 Å². The van der Waals surface area contributed by atoms with E-state index in [-0.39, 0.29) is 22.7 Å². The van der Waals surface area contributed by atoms with Gasteiger partial charge in [0.2, 0.25) is 0 Å². The molecule has 0 heterocycles. The molecule has 4 nitrogen and oxygen atoms in total. The first-order chi connectivity index (χ1) is 12.3. The lowest BCUT2D eigenvalue weighted by molar-refractivity contribution is -0.137. The molecule has 1 atom stereocenters. The highest BCUT2D eigenvalue weighted by atomic mass is 16.5. The molecule has 0 radical (unpaired) electrons. The van der Waals surface area contributed by atoms with Crippen molar-refractivity contribution in [2.75, 3.05) is 13.2 Å². The lowest BCUT2D eigenvalue weighted by Crippen LogP contribution is -2.32. The van der Waals surface area contributed by atoms with E-state index < -0.39 is 5.97 Å². The van der Waals surface area contributed by atoms with Crippen molar-refractivity contribution < 1.29 is 19.7 Å². The van der Waals surface area contributed by atoms with E-state index in [4.69, 9.17) is 4.74 Å². The third-order valence-corrected chi connectivity index (χ3v) is 5.38. The predicted octanol–water partition coefficient (Wildman–Crippen LogP) is 6.28. The van der Waals surface area contributed by atoms with Crippen LogP contribution >= 0.6 is 0 Å². The largest absolute Gasteiger partial charge is 0.508 e. The molecule has 0 aromatic carbocycles. The monoisotopic (exact) mass is 380 g/mol. The number of rotatable bonds is 9. The van der Waals surface area contributed by atoms with Gasteiger partial charge in [0.15, 0.2) is 0 Å². The molecule has 0 saturated heterocycles. The van der Waals surface area contributed by atoms with Crippen LogP contribution in [0.1, 0.15) is 87.0 Å². The lowest BCUT2D eigenvalue weighted by atomic mass is 9.62. The highest BCUT2D eigenvalue weighted by Crippen LogP contribution is 2.51. The summed E-state index contributed by atoms with van der Waals surface area (Å²) in [5, 5.41) is 20.3. The van der Waals surface area contributed by atoms with Crippen LogP contribution in [0.15, 0.2) is 23.0 Å². The molecule has 4 heteroatoms. The van der Waals surface area contributed by atoms with Gasteiger partial charge in [-0.1, -0.05) is 54.5 Å². The van der Waals surface area contributed by atoms with Crippen molar-refractivity contribution in [2.45, 2.75) is 87.0 Å². The predicted molar refractivity (Wildman–Crippen MR) is 111 cm³/mol. The molecule has 2 N–H and O–H groups in total. The zero-order valence-corrected chi connectivity index (χ0v) is 18.4. The van der Waals surface area contributed by atoms with Crippen molar-refractivity contribution in [3.05, 3.63) is 23.0 Å². The maximum absolute atomic E-state index is 11.3. The van der Waals surface area contributed by atoms with Crippen molar-refractivity contribution >= 4 is 5.97 Å². The number of hydrogen-bond donors (Lipinski definition) is 2. The second-order valence-electron chi connectivity index (χ2n) is 10.0. The summed E-state index contributed by atoms with van der Waals surface area (Å²) in [6.07, 6.45) is 6.39. The molecule has 0 bridgehead atoms. The number of allylic oxidation sites excluding steroid dienone is 3. The van der Waals surface area contributed by atoms with E-state index >= 15 is 0 Å². The fourth-order valence-electron chi connectivity index (χ4n) is 3.79. The highest BCUT2D eigenvalue weighted by Gasteiger charge is 2.41. The molecule has 0 aliphatic heterocycles. The molecule has 1 unspecified atom stereocenters. The van der Waals surface area contributed by atoms with Gasteiger partial charge in [-0.3, -0.25) is 4.79 Å². The van der Waals surface area contributed by atoms with E-state index in [9.17, 15) is 15.0 Å². The van der Waals surface area contributed by atoms with Crippen LogP contribution in [0.5, 0.6) is 0 Å². The molecule has 0 fully saturated rings. The van der Waals surface area contributed by atoms with E-state index in [1.807, 2.05) is 0 Å². The number of aliphatic hydroxyl groups is 1. The van der Waals surface area contributed by atoms with Gasteiger partial charge in [-0.15, -0.1) is 0 Å². The van der Waals surface area contributed by atoms with E-state index in [1.54, 1.807) is 0 Å². The Morgan fingerprint density at radius 1 is 1.11 bits per heavy atom. The lowest BCUT2D eigenvalue weighted by Gasteiger charge is -2.42. The smallest absolute Gasteiger partial charge is 0.303 e. The van der Waals surface area contributed by atoms with E-state index in [0.29, 0.717) is 25.2 Å². The van der Waals surface area contributed by atoms with Crippen LogP contribution in [0.3, 0.4) is 0 Å². The van der Waals surface area contributed by atoms with Gasteiger partial charge in [-0.25, -0.2) is 0 Å². The first-order valence-corrected chi connectivity index (χ1v) is 10.3. The summed E-state index contributed by atoms with van der Waals surface area (Å²) < 4.78 is 5.66. The number of carboxylic acid groups (broad SMARTS) is 1. The molecule has 156 valence electrons.